The van der Waals surface area contributed by atoms with Crippen molar-refractivity contribution in [3.63, 3.8) is 0 Å². The minimum absolute atomic E-state index is 0.0549. The molecule has 6 nitrogen and oxygen atoms in total. The third-order valence-corrected chi connectivity index (χ3v) is 3.77. The number of anilines is 1. The Labute approximate surface area is 145 Å². The smallest absolute Gasteiger partial charge is 0.305 e. The zero-order chi connectivity index (χ0) is 17.5. The molecule has 0 aliphatic heterocycles. The fourth-order valence-electron chi connectivity index (χ4n) is 2.19. The van der Waals surface area contributed by atoms with E-state index < -0.39 is 5.56 Å². The lowest BCUT2D eigenvalue weighted by Gasteiger charge is -2.16. The lowest BCUT2D eigenvalue weighted by atomic mass is 10.2. The summed E-state index contributed by atoms with van der Waals surface area (Å²) in [6, 6.07) is 9.00. The molecule has 0 spiro atoms. The molecule has 1 N–H and O–H groups in total. The SMILES string of the molecule is CCOC(=O)CCC(C)Nc1cnn(-c2ccccc2)c(=O)c1Cl. The largest absolute Gasteiger partial charge is 0.466 e. The number of hydrogen-bond donors (Lipinski definition) is 1. The van der Waals surface area contributed by atoms with Gasteiger partial charge in [-0.05, 0) is 32.4 Å². The van der Waals surface area contributed by atoms with Crippen LogP contribution in [0.1, 0.15) is 26.7 Å². The molecule has 1 heterocycles. The number of rotatable bonds is 7. The highest BCUT2D eigenvalue weighted by Crippen LogP contribution is 2.18. The summed E-state index contributed by atoms with van der Waals surface area (Å²) in [5.41, 5.74) is 0.696. The van der Waals surface area contributed by atoms with Gasteiger partial charge in [0.25, 0.3) is 5.56 Å². The predicted octanol–water partition coefficient (Wildman–Crippen LogP) is 3.03. The van der Waals surface area contributed by atoms with Crippen LogP contribution in [0.4, 0.5) is 5.69 Å². The fraction of sp³-hybridized carbons (Fsp3) is 0.353. The second-order valence-corrected chi connectivity index (χ2v) is 5.69. The molecule has 24 heavy (non-hydrogen) atoms. The highest BCUT2D eigenvalue weighted by molar-refractivity contribution is 6.32. The van der Waals surface area contributed by atoms with Crippen LogP contribution in [0.2, 0.25) is 5.02 Å². The average Bonchev–Trinajstić information content (AvgIpc) is 2.58. The highest BCUT2D eigenvalue weighted by atomic mass is 35.5. The summed E-state index contributed by atoms with van der Waals surface area (Å²) in [5.74, 6) is -0.241. The summed E-state index contributed by atoms with van der Waals surface area (Å²) in [6.45, 7) is 4.04. The number of nitrogens with zero attached hydrogens (tertiary/aromatic N) is 2. The molecule has 0 bridgehead atoms. The molecule has 0 radical (unpaired) electrons. The topological polar surface area (TPSA) is 73.2 Å². The summed E-state index contributed by atoms with van der Waals surface area (Å²) in [4.78, 5) is 23.8. The third kappa shape index (κ3) is 4.58. The molecule has 7 heteroatoms. The number of halogens is 1. The minimum atomic E-state index is -0.398. The first-order valence-corrected chi connectivity index (χ1v) is 8.16. The summed E-state index contributed by atoms with van der Waals surface area (Å²) in [6.07, 6.45) is 2.38. The number of para-hydroxylation sites is 1. The van der Waals surface area contributed by atoms with E-state index >= 15 is 0 Å². The van der Waals surface area contributed by atoms with Gasteiger partial charge < -0.3 is 10.1 Å². The van der Waals surface area contributed by atoms with E-state index in [4.69, 9.17) is 16.3 Å². The van der Waals surface area contributed by atoms with E-state index in [0.29, 0.717) is 30.8 Å². The Balaban J connectivity index is 2.08. The molecule has 0 saturated heterocycles. The van der Waals surface area contributed by atoms with Gasteiger partial charge >= 0.3 is 5.97 Å². The Morgan fingerprint density at radius 2 is 2.08 bits per heavy atom. The van der Waals surface area contributed by atoms with Crippen LogP contribution in [0.15, 0.2) is 41.3 Å². The molecule has 1 atom stereocenters. The molecule has 1 unspecified atom stereocenters. The maximum atomic E-state index is 12.4. The van der Waals surface area contributed by atoms with Gasteiger partial charge in [0.15, 0.2) is 0 Å². The van der Waals surface area contributed by atoms with Crippen LogP contribution in [-0.2, 0) is 9.53 Å². The van der Waals surface area contributed by atoms with E-state index in [0.717, 1.165) is 0 Å². The number of ether oxygens (including phenoxy) is 1. The normalized spacial score (nSPS) is 11.8. The summed E-state index contributed by atoms with van der Waals surface area (Å²) in [7, 11) is 0. The summed E-state index contributed by atoms with van der Waals surface area (Å²) < 4.78 is 6.14. The second-order valence-electron chi connectivity index (χ2n) is 5.31. The van der Waals surface area contributed by atoms with E-state index in [2.05, 4.69) is 10.4 Å². The highest BCUT2D eigenvalue weighted by Gasteiger charge is 2.13. The lowest BCUT2D eigenvalue weighted by molar-refractivity contribution is -0.143. The van der Waals surface area contributed by atoms with E-state index in [9.17, 15) is 9.59 Å². The second kappa shape index (κ2) is 8.49. The van der Waals surface area contributed by atoms with E-state index in [-0.39, 0.29) is 17.0 Å². The molecule has 0 aliphatic rings. The van der Waals surface area contributed by atoms with Gasteiger partial charge in [-0.15, -0.1) is 0 Å². The first-order valence-electron chi connectivity index (χ1n) is 7.78. The maximum absolute atomic E-state index is 12.4. The quantitative estimate of drug-likeness (QED) is 0.778. The van der Waals surface area contributed by atoms with Crippen molar-refractivity contribution in [2.75, 3.05) is 11.9 Å². The molecule has 0 fully saturated rings. The molecule has 2 rings (SSSR count). The Morgan fingerprint density at radius 3 is 2.75 bits per heavy atom. The number of carbonyl (C=O) groups excluding carboxylic acids is 1. The first kappa shape index (κ1) is 18.0. The van der Waals surface area contributed by atoms with Crippen LogP contribution >= 0.6 is 11.6 Å². The lowest BCUT2D eigenvalue weighted by Crippen LogP contribution is -2.25. The molecule has 0 aliphatic carbocycles. The molecular weight excluding hydrogens is 330 g/mol. The van der Waals surface area contributed by atoms with E-state index in [1.807, 2.05) is 25.1 Å². The number of esters is 1. The minimum Gasteiger partial charge on any atom is -0.466 e. The van der Waals surface area contributed by atoms with Crippen molar-refractivity contribution in [3.05, 3.63) is 51.9 Å². The number of carbonyl (C=O) groups is 1. The Kier molecular flexibility index (Phi) is 6.37. The average molecular weight is 350 g/mol. The van der Waals surface area contributed by atoms with Crippen LogP contribution in [-0.4, -0.2) is 28.4 Å². The van der Waals surface area contributed by atoms with Crippen molar-refractivity contribution in [1.29, 1.82) is 0 Å². The number of aromatic nitrogens is 2. The number of nitrogens with one attached hydrogen (secondary N) is 1. The van der Waals surface area contributed by atoms with Crippen LogP contribution < -0.4 is 10.9 Å². The Hall–Kier alpha value is -2.34. The first-order chi connectivity index (χ1) is 11.5. The fourth-order valence-corrected chi connectivity index (χ4v) is 2.38. The third-order valence-electron chi connectivity index (χ3n) is 3.41. The van der Waals surface area contributed by atoms with Gasteiger partial charge in [0.1, 0.15) is 5.02 Å². The number of hydrogen-bond acceptors (Lipinski definition) is 5. The van der Waals surface area contributed by atoms with Gasteiger partial charge in [-0.1, -0.05) is 29.8 Å². The molecule has 1 aromatic heterocycles. The van der Waals surface area contributed by atoms with Crippen molar-refractivity contribution in [2.24, 2.45) is 0 Å². The molecule has 0 saturated carbocycles. The molecule has 2 aromatic rings. The van der Waals surface area contributed by atoms with Crippen molar-refractivity contribution >= 4 is 23.3 Å². The molecule has 1 aromatic carbocycles. The zero-order valence-electron chi connectivity index (χ0n) is 13.7. The summed E-state index contributed by atoms with van der Waals surface area (Å²) >= 11 is 6.18. The van der Waals surface area contributed by atoms with Gasteiger partial charge in [0.05, 0.1) is 24.2 Å². The van der Waals surface area contributed by atoms with E-state index in [1.54, 1.807) is 19.1 Å². The van der Waals surface area contributed by atoms with Gasteiger partial charge in [-0.3, -0.25) is 9.59 Å². The number of benzene rings is 1. The van der Waals surface area contributed by atoms with Crippen molar-refractivity contribution in [1.82, 2.24) is 9.78 Å². The van der Waals surface area contributed by atoms with Gasteiger partial charge in [0.2, 0.25) is 0 Å². The maximum Gasteiger partial charge on any atom is 0.305 e. The van der Waals surface area contributed by atoms with Crippen LogP contribution in [0.5, 0.6) is 0 Å². The van der Waals surface area contributed by atoms with Crippen molar-refractivity contribution in [2.45, 2.75) is 32.7 Å². The Bertz CT molecular complexity index is 746. The molecule has 0 amide bonds. The van der Waals surface area contributed by atoms with E-state index in [1.165, 1.54) is 10.9 Å². The monoisotopic (exact) mass is 349 g/mol. The van der Waals surface area contributed by atoms with Crippen LogP contribution in [0.25, 0.3) is 5.69 Å². The van der Waals surface area contributed by atoms with Crippen LogP contribution in [0.3, 0.4) is 0 Å². The molecular formula is C17H20ClN3O3. The van der Waals surface area contributed by atoms with Crippen molar-refractivity contribution in [3.8, 4) is 5.69 Å². The standard InChI is InChI=1S/C17H20ClN3O3/c1-3-24-15(22)10-9-12(2)20-14-11-19-21(17(23)16(14)18)13-7-5-4-6-8-13/h4-8,11-12,20H,3,9-10H2,1-2H3. The van der Waals surface area contributed by atoms with Gasteiger partial charge in [-0.25, -0.2) is 0 Å². The summed E-state index contributed by atoms with van der Waals surface area (Å²) in [5, 5.41) is 7.33. The Morgan fingerprint density at radius 1 is 1.38 bits per heavy atom. The van der Waals surface area contributed by atoms with Crippen molar-refractivity contribution < 1.29 is 9.53 Å². The molecule has 128 valence electrons. The van der Waals surface area contributed by atoms with Crippen LogP contribution in [0, 0.1) is 0 Å². The van der Waals surface area contributed by atoms with Gasteiger partial charge in [0, 0.05) is 12.5 Å². The van der Waals surface area contributed by atoms with Gasteiger partial charge in [-0.2, -0.15) is 9.78 Å². The zero-order valence-corrected chi connectivity index (χ0v) is 14.4. The predicted molar refractivity (Wildman–Crippen MR) is 93.8 cm³/mol.